The number of anilines is 1. The summed E-state index contributed by atoms with van der Waals surface area (Å²) in [5.74, 6) is -0.438. The van der Waals surface area contributed by atoms with Gasteiger partial charge in [0.15, 0.2) is 0 Å². The summed E-state index contributed by atoms with van der Waals surface area (Å²) in [4.78, 5) is 28.1. The van der Waals surface area contributed by atoms with Crippen molar-refractivity contribution in [3.63, 3.8) is 0 Å². The molecule has 0 bridgehead atoms. The molecule has 6 nitrogen and oxygen atoms in total. The molecule has 1 aromatic heterocycles. The van der Waals surface area contributed by atoms with Crippen molar-refractivity contribution < 1.29 is 14.3 Å². The fourth-order valence-corrected chi connectivity index (χ4v) is 2.16. The van der Waals surface area contributed by atoms with E-state index in [4.69, 9.17) is 4.74 Å². The number of aryl methyl sites for hydroxylation is 1. The first kappa shape index (κ1) is 16.6. The normalized spacial score (nSPS) is 10.3. The van der Waals surface area contributed by atoms with Gasteiger partial charge in [-0.25, -0.2) is 4.79 Å². The van der Waals surface area contributed by atoms with Crippen LogP contribution in [0.1, 0.15) is 32.1 Å². The van der Waals surface area contributed by atoms with Gasteiger partial charge in [0, 0.05) is 25.5 Å². The number of carbonyl (C=O) groups is 2. The lowest BCUT2D eigenvalue weighted by molar-refractivity contribution is 0.0600. The fourth-order valence-electron chi connectivity index (χ4n) is 2.16. The number of aromatic amines is 1. The second kappa shape index (κ2) is 7.00. The van der Waals surface area contributed by atoms with Gasteiger partial charge in [0.25, 0.3) is 5.91 Å². The largest absolute Gasteiger partial charge is 0.465 e. The first-order chi connectivity index (χ1) is 10.9. The summed E-state index contributed by atoms with van der Waals surface area (Å²) in [6.07, 6.45) is 0. The molecular formula is C17H21N3O3. The predicted octanol–water partition coefficient (Wildman–Crippen LogP) is 2.42. The zero-order valence-corrected chi connectivity index (χ0v) is 13.8. The Morgan fingerprint density at radius 2 is 1.96 bits per heavy atom. The van der Waals surface area contributed by atoms with Crippen molar-refractivity contribution in [3.8, 4) is 0 Å². The monoisotopic (exact) mass is 315 g/mol. The topological polar surface area (TPSA) is 74.4 Å². The first-order valence-electron chi connectivity index (χ1n) is 7.24. The lowest BCUT2D eigenvalue weighted by Gasteiger charge is -2.11. The molecule has 0 aliphatic heterocycles. The molecule has 1 heterocycles. The highest BCUT2D eigenvalue weighted by atomic mass is 16.5. The van der Waals surface area contributed by atoms with Crippen molar-refractivity contribution in [3.05, 3.63) is 52.8 Å². The van der Waals surface area contributed by atoms with E-state index in [0.29, 0.717) is 17.8 Å². The van der Waals surface area contributed by atoms with Crippen LogP contribution in [0.5, 0.6) is 0 Å². The van der Waals surface area contributed by atoms with Crippen molar-refractivity contribution in [1.29, 1.82) is 0 Å². The molecule has 23 heavy (non-hydrogen) atoms. The maximum Gasteiger partial charge on any atom is 0.337 e. The van der Waals surface area contributed by atoms with Crippen LogP contribution in [0.2, 0.25) is 0 Å². The summed E-state index contributed by atoms with van der Waals surface area (Å²) in [6, 6.07) is 8.98. The third kappa shape index (κ3) is 3.91. The molecular weight excluding hydrogens is 294 g/mol. The van der Waals surface area contributed by atoms with Crippen LogP contribution in [0.25, 0.3) is 0 Å². The Morgan fingerprint density at radius 3 is 2.61 bits per heavy atom. The van der Waals surface area contributed by atoms with Gasteiger partial charge < -0.3 is 19.9 Å². The molecule has 0 aliphatic carbocycles. The van der Waals surface area contributed by atoms with E-state index in [1.165, 1.54) is 12.0 Å². The molecule has 2 rings (SSSR count). The van der Waals surface area contributed by atoms with Gasteiger partial charge in [-0.2, -0.15) is 0 Å². The number of esters is 1. The summed E-state index contributed by atoms with van der Waals surface area (Å²) >= 11 is 0. The highest BCUT2D eigenvalue weighted by molar-refractivity contribution is 5.92. The number of H-pyrrole nitrogens is 1. The van der Waals surface area contributed by atoms with Gasteiger partial charge in [0.1, 0.15) is 5.69 Å². The van der Waals surface area contributed by atoms with Crippen molar-refractivity contribution >= 4 is 17.6 Å². The van der Waals surface area contributed by atoms with E-state index >= 15 is 0 Å². The number of hydrogen-bond donors (Lipinski definition) is 2. The van der Waals surface area contributed by atoms with Gasteiger partial charge in [-0.05, 0) is 36.8 Å². The Balaban J connectivity index is 2.09. The average Bonchev–Trinajstić information content (AvgIpc) is 3.01. The van der Waals surface area contributed by atoms with Crippen LogP contribution in [0.4, 0.5) is 5.69 Å². The predicted molar refractivity (Wildman–Crippen MR) is 88.7 cm³/mol. The lowest BCUT2D eigenvalue weighted by atomic mass is 10.1. The van der Waals surface area contributed by atoms with Crippen LogP contribution in [-0.2, 0) is 11.3 Å². The number of rotatable bonds is 5. The Morgan fingerprint density at radius 1 is 1.22 bits per heavy atom. The Kier molecular flexibility index (Phi) is 5.05. The minimum absolute atomic E-state index is 0.0693. The molecule has 0 aliphatic rings. The van der Waals surface area contributed by atoms with Crippen molar-refractivity contribution in [2.45, 2.75) is 13.5 Å². The summed E-state index contributed by atoms with van der Waals surface area (Å²) < 4.78 is 4.73. The van der Waals surface area contributed by atoms with E-state index in [-0.39, 0.29) is 11.9 Å². The van der Waals surface area contributed by atoms with Crippen LogP contribution in [0, 0.1) is 6.92 Å². The number of nitrogens with zero attached hydrogens (tertiary/aromatic N) is 1. The highest BCUT2D eigenvalue weighted by Crippen LogP contribution is 2.18. The van der Waals surface area contributed by atoms with Gasteiger partial charge in [-0.3, -0.25) is 4.79 Å². The number of nitrogens with one attached hydrogen (secondary N) is 2. The summed E-state index contributed by atoms with van der Waals surface area (Å²) in [6.45, 7) is 2.48. The smallest absolute Gasteiger partial charge is 0.337 e. The van der Waals surface area contributed by atoms with Gasteiger partial charge in [0.2, 0.25) is 0 Å². The average molecular weight is 315 g/mol. The third-order valence-corrected chi connectivity index (χ3v) is 3.51. The summed E-state index contributed by atoms with van der Waals surface area (Å²) in [5, 5.41) is 3.27. The Labute approximate surface area is 135 Å². The molecule has 6 heteroatoms. The van der Waals surface area contributed by atoms with Gasteiger partial charge >= 0.3 is 5.97 Å². The van der Waals surface area contributed by atoms with E-state index in [1.807, 2.05) is 19.1 Å². The SMILES string of the molecule is COC(=O)c1ccc(C)c(NCc2ccc(C(=O)N(C)C)[nH]2)c1. The highest BCUT2D eigenvalue weighted by Gasteiger charge is 2.11. The van der Waals surface area contributed by atoms with E-state index in [1.54, 1.807) is 32.3 Å². The molecule has 0 saturated heterocycles. The summed E-state index contributed by atoms with van der Waals surface area (Å²) in [7, 11) is 4.78. The zero-order valence-electron chi connectivity index (χ0n) is 13.8. The molecule has 122 valence electrons. The zero-order chi connectivity index (χ0) is 17.0. The Bertz CT molecular complexity index is 720. The van der Waals surface area contributed by atoms with Crippen LogP contribution in [0.3, 0.4) is 0 Å². The van der Waals surface area contributed by atoms with Crippen molar-refractivity contribution in [2.24, 2.45) is 0 Å². The molecule has 0 radical (unpaired) electrons. The molecule has 0 saturated carbocycles. The summed E-state index contributed by atoms with van der Waals surface area (Å²) in [5.41, 5.74) is 3.80. The Hall–Kier alpha value is -2.76. The first-order valence-corrected chi connectivity index (χ1v) is 7.24. The van der Waals surface area contributed by atoms with E-state index in [9.17, 15) is 9.59 Å². The maximum atomic E-state index is 11.9. The second-order valence-corrected chi connectivity index (χ2v) is 5.47. The number of benzene rings is 1. The van der Waals surface area contributed by atoms with Gasteiger partial charge in [0.05, 0.1) is 19.2 Å². The van der Waals surface area contributed by atoms with Crippen LogP contribution < -0.4 is 5.32 Å². The van der Waals surface area contributed by atoms with Crippen molar-refractivity contribution in [1.82, 2.24) is 9.88 Å². The van der Waals surface area contributed by atoms with Crippen LogP contribution in [0.15, 0.2) is 30.3 Å². The minimum Gasteiger partial charge on any atom is -0.465 e. The molecule has 2 N–H and O–H groups in total. The maximum absolute atomic E-state index is 11.9. The van der Waals surface area contributed by atoms with E-state index in [2.05, 4.69) is 10.3 Å². The third-order valence-electron chi connectivity index (χ3n) is 3.51. The minimum atomic E-state index is -0.369. The molecule has 0 unspecified atom stereocenters. The van der Waals surface area contributed by atoms with Gasteiger partial charge in [-0.15, -0.1) is 0 Å². The quantitative estimate of drug-likeness (QED) is 0.831. The van der Waals surface area contributed by atoms with Gasteiger partial charge in [-0.1, -0.05) is 6.07 Å². The molecule has 0 spiro atoms. The molecule has 2 aromatic rings. The number of carbonyl (C=O) groups excluding carboxylic acids is 2. The fraction of sp³-hybridized carbons (Fsp3) is 0.294. The number of hydrogen-bond acceptors (Lipinski definition) is 4. The molecule has 1 amide bonds. The van der Waals surface area contributed by atoms with Crippen LogP contribution in [-0.4, -0.2) is 43.0 Å². The second-order valence-electron chi connectivity index (χ2n) is 5.47. The number of methoxy groups -OCH3 is 1. The van der Waals surface area contributed by atoms with Crippen molar-refractivity contribution in [2.75, 3.05) is 26.5 Å². The standard InChI is InChI=1S/C17H21N3O3/c1-11-5-6-12(17(22)23-4)9-15(11)18-10-13-7-8-14(19-13)16(21)20(2)3/h5-9,18-19H,10H2,1-4H3. The molecule has 0 fully saturated rings. The number of amides is 1. The van der Waals surface area contributed by atoms with E-state index < -0.39 is 0 Å². The molecule has 1 aromatic carbocycles. The number of aromatic nitrogens is 1. The number of ether oxygens (including phenoxy) is 1. The molecule has 0 atom stereocenters. The van der Waals surface area contributed by atoms with E-state index in [0.717, 1.165) is 16.9 Å². The lowest BCUT2D eigenvalue weighted by Crippen LogP contribution is -2.22. The van der Waals surface area contributed by atoms with Crippen LogP contribution >= 0.6 is 0 Å².